The van der Waals surface area contributed by atoms with Crippen LogP contribution in [0.25, 0.3) is 0 Å². The van der Waals surface area contributed by atoms with Crippen LogP contribution in [-0.2, 0) is 0 Å². The van der Waals surface area contributed by atoms with Crippen LogP contribution in [0.15, 0.2) is 23.0 Å². The zero-order valence-corrected chi connectivity index (χ0v) is 12.0. The number of nitrogens with zero attached hydrogens (tertiary/aromatic N) is 5. The van der Waals surface area contributed by atoms with Crippen molar-refractivity contribution in [3.05, 3.63) is 30.2 Å². The van der Waals surface area contributed by atoms with Crippen LogP contribution in [0.4, 0.5) is 5.95 Å². The van der Waals surface area contributed by atoms with E-state index in [4.69, 9.17) is 4.52 Å². The van der Waals surface area contributed by atoms with Crippen LogP contribution >= 0.6 is 0 Å². The van der Waals surface area contributed by atoms with Gasteiger partial charge in [0.1, 0.15) is 6.04 Å². The van der Waals surface area contributed by atoms with E-state index in [-0.39, 0.29) is 23.8 Å². The minimum absolute atomic E-state index is 0.0719. The van der Waals surface area contributed by atoms with Crippen LogP contribution in [0.5, 0.6) is 0 Å². The van der Waals surface area contributed by atoms with Crippen molar-refractivity contribution in [1.82, 2.24) is 25.4 Å². The van der Waals surface area contributed by atoms with Crippen molar-refractivity contribution in [2.24, 2.45) is 0 Å². The van der Waals surface area contributed by atoms with Gasteiger partial charge in [-0.05, 0) is 31.7 Å². The number of carbonyl (C=O) groups is 1. The summed E-state index contributed by atoms with van der Waals surface area (Å²) in [5, 5.41) is 6.66. The molecular formula is C14H16N6O2. The lowest BCUT2D eigenvalue weighted by molar-refractivity contribution is 0.0937. The molecule has 1 amide bonds. The van der Waals surface area contributed by atoms with Gasteiger partial charge in [-0.3, -0.25) is 4.79 Å². The van der Waals surface area contributed by atoms with Crippen molar-refractivity contribution in [2.75, 3.05) is 11.4 Å². The first-order chi connectivity index (χ1) is 10.8. The molecule has 1 aliphatic heterocycles. The van der Waals surface area contributed by atoms with Crippen LogP contribution in [0.3, 0.4) is 0 Å². The highest BCUT2D eigenvalue weighted by atomic mass is 16.5. The van der Waals surface area contributed by atoms with E-state index in [1.54, 1.807) is 18.5 Å². The summed E-state index contributed by atoms with van der Waals surface area (Å²) >= 11 is 0. The summed E-state index contributed by atoms with van der Waals surface area (Å²) in [4.78, 5) is 26.8. The molecule has 1 saturated heterocycles. The molecule has 3 heterocycles. The third-order valence-electron chi connectivity index (χ3n) is 3.90. The first-order valence-corrected chi connectivity index (χ1v) is 7.49. The number of hydrogen-bond acceptors (Lipinski definition) is 7. The van der Waals surface area contributed by atoms with Crippen molar-refractivity contribution < 1.29 is 9.32 Å². The fourth-order valence-electron chi connectivity index (χ4n) is 2.64. The lowest BCUT2D eigenvalue weighted by Crippen LogP contribution is -2.27. The van der Waals surface area contributed by atoms with Gasteiger partial charge in [-0.15, -0.1) is 0 Å². The van der Waals surface area contributed by atoms with Crippen molar-refractivity contribution in [1.29, 1.82) is 0 Å². The standard InChI is InChI=1S/C14H16N6O2/c21-12(17-9-4-5-9)11-18-13(22-19-11)10-3-1-8-20(10)14-15-6-2-7-16-14/h2,6-7,9-10H,1,3-5,8H2,(H,17,21)/t10-/m0/s1. The lowest BCUT2D eigenvalue weighted by Gasteiger charge is -2.21. The number of carbonyl (C=O) groups excluding carboxylic acids is 1. The summed E-state index contributed by atoms with van der Waals surface area (Å²) in [6.45, 7) is 0.834. The van der Waals surface area contributed by atoms with Crippen LogP contribution in [0, 0.1) is 0 Å². The van der Waals surface area contributed by atoms with E-state index in [0.29, 0.717) is 11.8 Å². The van der Waals surface area contributed by atoms with Crippen LogP contribution < -0.4 is 10.2 Å². The molecule has 8 heteroatoms. The fraction of sp³-hybridized carbons (Fsp3) is 0.500. The number of rotatable bonds is 4. The number of aromatic nitrogens is 4. The molecule has 2 aromatic heterocycles. The van der Waals surface area contributed by atoms with Gasteiger partial charge in [-0.1, -0.05) is 5.16 Å². The van der Waals surface area contributed by atoms with E-state index in [9.17, 15) is 4.79 Å². The molecule has 2 fully saturated rings. The Morgan fingerprint density at radius 3 is 2.86 bits per heavy atom. The third-order valence-corrected chi connectivity index (χ3v) is 3.90. The molecular weight excluding hydrogens is 284 g/mol. The summed E-state index contributed by atoms with van der Waals surface area (Å²) in [6, 6.07) is 1.98. The topological polar surface area (TPSA) is 97.0 Å². The Bertz CT molecular complexity index is 669. The Morgan fingerprint density at radius 1 is 1.27 bits per heavy atom. The maximum absolute atomic E-state index is 11.9. The predicted octanol–water partition coefficient (Wildman–Crippen LogP) is 1.09. The Kier molecular flexibility index (Phi) is 3.21. The molecule has 1 atom stereocenters. The smallest absolute Gasteiger partial charge is 0.292 e. The molecule has 114 valence electrons. The molecule has 22 heavy (non-hydrogen) atoms. The number of amides is 1. The first-order valence-electron chi connectivity index (χ1n) is 7.49. The van der Waals surface area contributed by atoms with Crippen molar-refractivity contribution >= 4 is 11.9 Å². The number of anilines is 1. The number of hydrogen-bond donors (Lipinski definition) is 1. The van der Waals surface area contributed by atoms with Crippen molar-refractivity contribution in [2.45, 2.75) is 37.8 Å². The normalized spacial score (nSPS) is 21.1. The largest absolute Gasteiger partial charge is 0.346 e. The summed E-state index contributed by atoms with van der Waals surface area (Å²) in [5.74, 6) is 0.929. The van der Waals surface area contributed by atoms with Gasteiger partial charge in [0.2, 0.25) is 11.8 Å². The summed E-state index contributed by atoms with van der Waals surface area (Å²) in [6.07, 6.45) is 7.34. The maximum atomic E-state index is 11.9. The fourth-order valence-corrected chi connectivity index (χ4v) is 2.64. The van der Waals surface area contributed by atoms with Gasteiger partial charge in [0.25, 0.3) is 11.7 Å². The minimum atomic E-state index is -0.266. The van der Waals surface area contributed by atoms with Crippen LogP contribution in [0.2, 0.25) is 0 Å². The zero-order chi connectivity index (χ0) is 14.9. The lowest BCUT2D eigenvalue weighted by atomic mass is 10.2. The molecule has 0 bridgehead atoms. The predicted molar refractivity (Wildman–Crippen MR) is 76.1 cm³/mol. The van der Waals surface area contributed by atoms with E-state index in [1.165, 1.54) is 0 Å². The maximum Gasteiger partial charge on any atom is 0.292 e. The monoisotopic (exact) mass is 300 g/mol. The Labute approximate surface area is 126 Å². The highest BCUT2D eigenvalue weighted by Gasteiger charge is 2.33. The average molecular weight is 300 g/mol. The van der Waals surface area contributed by atoms with Gasteiger partial charge in [0, 0.05) is 25.0 Å². The molecule has 0 spiro atoms. The molecule has 2 aromatic rings. The Hall–Kier alpha value is -2.51. The molecule has 0 aromatic carbocycles. The zero-order valence-electron chi connectivity index (χ0n) is 12.0. The highest BCUT2D eigenvalue weighted by molar-refractivity contribution is 5.90. The van der Waals surface area contributed by atoms with Gasteiger partial charge < -0.3 is 14.7 Å². The molecule has 1 saturated carbocycles. The van der Waals surface area contributed by atoms with Gasteiger partial charge in [-0.25, -0.2) is 9.97 Å². The van der Waals surface area contributed by atoms with E-state index >= 15 is 0 Å². The molecule has 1 N–H and O–H groups in total. The van der Waals surface area contributed by atoms with E-state index < -0.39 is 0 Å². The van der Waals surface area contributed by atoms with Gasteiger partial charge in [-0.2, -0.15) is 4.98 Å². The van der Waals surface area contributed by atoms with Crippen molar-refractivity contribution in [3.63, 3.8) is 0 Å². The third kappa shape index (κ3) is 2.51. The second kappa shape index (κ2) is 5.36. The number of nitrogens with one attached hydrogen (secondary N) is 1. The van der Waals surface area contributed by atoms with Crippen LogP contribution in [0.1, 0.15) is 48.2 Å². The minimum Gasteiger partial charge on any atom is -0.346 e. The van der Waals surface area contributed by atoms with Gasteiger partial charge in [0.05, 0.1) is 0 Å². The molecule has 0 unspecified atom stereocenters. The van der Waals surface area contributed by atoms with E-state index in [0.717, 1.165) is 32.2 Å². The second-order valence-corrected chi connectivity index (χ2v) is 5.60. The first kappa shape index (κ1) is 13.2. The quantitative estimate of drug-likeness (QED) is 0.902. The van der Waals surface area contributed by atoms with E-state index in [1.807, 2.05) is 4.90 Å². The molecule has 8 nitrogen and oxygen atoms in total. The molecule has 0 radical (unpaired) electrons. The molecule has 2 aliphatic rings. The average Bonchev–Trinajstić information content (AvgIpc) is 3.06. The summed E-state index contributed by atoms with van der Waals surface area (Å²) < 4.78 is 5.30. The summed E-state index contributed by atoms with van der Waals surface area (Å²) in [5.41, 5.74) is 0. The highest BCUT2D eigenvalue weighted by Crippen LogP contribution is 2.33. The Morgan fingerprint density at radius 2 is 2.09 bits per heavy atom. The van der Waals surface area contributed by atoms with Gasteiger partial charge >= 0.3 is 0 Å². The second-order valence-electron chi connectivity index (χ2n) is 5.60. The molecule has 1 aliphatic carbocycles. The van der Waals surface area contributed by atoms with E-state index in [2.05, 4.69) is 25.4 Å². The Balaban J connectivity index is 1.53. The SMILES string of the molecule is O=C(NC1CC1)c1noc([C@@H]2CCCN2c2ncccn2)n1. The molecule has 4 rings (SSSR count). The van der Waals surface area contributed by atoms with Crippen LogP contribution in [-0.4, -0.2) is 38.6 Å². The van der Waals surface area contributed by atoms with Gasteiger partial charge in [0.15, 0.2) is 0 Å². The van der Waals surface area contributed by atoms with Crippen molar-refractivity contribution in [3.8, 4) is 0 Å². The summed E-state index contributed by atoms with van der Waals surface area (Å²) in [7, 11) is 0.